The van der Waals surface area contributed by atoms with Crippen LogP contribution in [0.2, 0.25) is 0 Å². The first-order valence-electron chi connectivity index (χ1n) is 8.49. The fourth-order valence-electron chi connectivity index (χ4n) is 2.77. The molecular weight excluding hydrogens is 314 g/mol. The number of hydrogen-bond acceptors (Lipinski definition) is 5. The zero-order chi connectivity index (χ0) is 17.6. The molecule has 3 heterocycles. The third-order valence-electron chi connectivity index (χ3n) is 4.03. The fraction of sp³-hybridized carbons (Fsp3) is 0.316. The van der Waals surface area contributed by atoms with E-state index in [-0.39, 0.29) is 5.56 Å². The number of aryl methyl sites for hydroxylation is 2. The van der Waals surface area contributed by atoms with Crippen LogP contribution in [0.25, 0.3) is 5.95 Å². The first-order chi connectivity index (χ1) is 12.2. The molecular formula is C19H21N5O. The molecule has 0 atom stereocenters. The van der Waals surface area contributed by atoms with E-state index in [2.05, 4.69) is 21.9 Å². The van der Waals surface area contributed by atoms with Gasteiger partial charge in [-0.3, -0.25) is 9.78 Å². The van der Waals surface area contributed by atoms with Crippen molar-refractivity contribution in [3.8, 4) is 5.95 Å². The van der Waals surface area contributed by atoms with E-state index in [0.29, 0.717) is 23.8 Å². The third-order valence-corrected chi connectivity index (χ3v) is 4.03. The second-order valence-corrected chi connectivity index (χ2v) is 5.88. The molecule has 3 aromatic heterocycles. The van der Waals surface area contributed by atoms with Crippen molar-refractivity contribution in [1.29, 1.82) is 0 Å². The van der Waals surface area contributed by atoms with Gasteiger partial charge in [-0.2, -0.15) is 0 Å². The third kappa shape index (κ3) is 3.79. The zero-order valence-corrected chi connectivity index (χ0v) is 14.5. The molecule has 128 valence electrons. The molecule has 0 fully saturated rings. The number of hydrogen-bond donors (Lipinski definition) is 0. The van der Waals surface area contributed by atoms with Crippen LogP contribution in [0.4, 0.5) is 0 Å². The van der Waals surface area contributed by atoms with Crippen molar-refractivity contribution >= 4 is 0 Å². The molecule has 0 amide bonds. The summed E-state index contributed by atoms with van der Waals surface area (Å²) in [6.45, 7) is 3.95. The van der Waals surface area contributed by atoms with Crippen LogP contribution in [0.5, 0.6) is 0 Å². The van der Waals surface area contributed by atoms with E-state index < -0.39 is 0 Å². The van der Waals surface area contributed by atoms with Crippen LogP contribution < -0.4 is 5.56 Å². The van der Waals surface area contributed by atoms with Gasteiger partial charge < -0.3 is 0 Å². The summed E-state index contributed by atoms with van der Waals surface area (Å²) in [6.07, 6.45) is 8.27. The Labute approximate surface area is 146 Å². The van der Waals surface area contributed by atoms with Crippen LogP contribution in [0.1, 0.15) is 42.5 Å². The average Bonchev–Trinajstić information content (AvgIpc) is 2.64. The maximum absolute atomic E-state index is 13.2. The van der Waals surface area contributed by atoms with Gasteiger partial charge in [-0.15, -0.1) is 0 Å². The largest absolute Gasteiger partial charge is 0.268 e. The summed E-state index contributed by atoms with van der Waals surface area (Å²) in [5, 5.41) is 0. The summed E-state index contributed by atoms with van der Waals surface area (Å²) in [6, 6.07) is 7.44. The number of rotatable bonds is 6. The molecule has 0 spiro atoms. The molecule has 0 aliphatic carbocycles. The molecule has 0 bridgehead atoms. The lowest BCUT2D eigenvalue weighted by molar-refractivity contribution is 0.720. The van der Waals surface area contributed by atoms with Gasteiger partial charge in [0.05, 0.1) is 5.69 Å². The van der Waals surface area contributed by atoms with Crippen LogP contribution in [0, 0.1) is 6.92 Å². The molecule has 0 unspecified atom stereocenters. The van der Waals surface area contributed by atoms with Crippen LogP contribution >= 0.6 is 0 Å². The van der Waals surface area contributed by atoms with Crippen LogP contribution in [-0.2, 0) is 12.8 Å². The number of pyridine rings is 1. The van der Waals surface area contributed by atoms with Crippen molar-refractivity contribution < 1.29 is 0 Å². The molecule has 0 aromatic carbocycles. The van der Waals surface area contributed by atoms with Crippen molar-refractivity contribution in [3.05, 3.63) is 76.0 Å². The number of unbranched alkanes of at least 4 members (excludes halogenated alkanes) is 1. The molecule has 0 radical (unpaired) electrons. The SMILES string of the molecule is CCCCc1nc(C)n(-c2ncccn2)c(=O)c1Cc1ccccn1. The molecule has 0 saturated carbocycles. The standard InChI is InChI=1S/C19H21N5O/c1-3-4-9-17-16(13-15-8-5-6-10-20-15)18(25)24(14(2)23-17)19-21-11-7-12-22-19/h5-8,10-12H,3-4,9,13H2,1-2H3. The Morgan fingerprint density at radius 3 is 2.48 bits per heavy atom. The fourth-order valence-corrected chi connectivity index (χ4v) is 2.77. The van der Waals surface area contributed by atoms with Crippen molar-refractivity contribution in [2.45, 2.75) is 39.5 Å². The van der Waals surface area contributed by atoms with Crippen molar-refractivity contribution in [2.24, 2.45) is 0 Å². The summed E-state index contributed by atoms with van der Waals surface area (Å²) in [5.74, 6) is 0.953. The van der Waals surface area contributed by atoms with Gasteiger partial charge >= 0.3 is 0 Å². The molecule has 0 N–H and O–H groups in total. The lowest BCUT2D eigenvalue weighted by Gasteiger charge is -2.14. The molecule has 0 aliphatic rings. The first-order valence-corrected chi connectivity index (χ1v) is 8.49. The van der Waals surface area contributed by atoms with Crippen LogP contribution in [-0.4, -0.2) is 24.5 Å². The smallest absolute Gasteiger partial charge is 0.264 e. The highest BCUT2D eigenvalue weighted by Crippen LogP contribution is 2.13. The van der Waals surface area contributed by atoms with Gasteiger partial charge in [0.2, 0.25) is 5.95 Å². The number of nitrogens with zero attached hydrogens (tertiary/aromatic N) is 5. The monoisotopic (exact) mass is 335 g/mol. The van der Waals surface area contributed by atoms with Crippen molar-refractivity contribution in [2.75, 3.05) is 0 Å². The number of aromatic nitrogens is 5. The lowest BCUT2D eigenvalue weighted by Crippen LogP contribution is -2.29. The highest BCUT2D eigenvalue weighted by molar-refractivity contribution is 5.28. The highest BCUT2D eigenvalue weighted by Gasteiger charge is 2.17. The predicted molar refractivity (Wildman–Crippen MR) is 95.8 cm³/mol. The zero-order valence-electron chi connectivity index (χ0n) is 14.5. The van der Waals surface area contributed by atoms with E-state index in [1.54, 1.807) is 24.7 Å². The van der Waals surface area contributed by atoms with Gasteiger partial charge in [-0.25, -0.2) is 19.5 Å². The summed E-state index contributed by atoms with van der Waals surface area (Å²) < 4.78 is 1.48. The summed E-state index contributed by atoms with van der Waals surface area (Å²) >= 11 is 0. The topological polar surface area (TPSA) is 73.6 Å². The highest BCUT2D eigenvalue weighted by atomic mass is 16.1. The van der Waals surface area contributed by atoms with Crippen molar-refractivity contribution in [3.63, 3.8) is 0 Å². The summed E-state index contributed by atoms with van der Waals surface area (Å²) in [4.78, 5) is 30.7. The Morgan fingerprint density at radius 2 is 1.80 bits per heavy atom. The minimum atomic E-state index is -0.115. The molecule has 6 nitrogen and oxygen atoms in total. The van der Waals surface area contributed by atoms with E-state index in [9.17, 15) is 4.79 Å². The first kappa shape index (κ1) is 17.0. The van der Waals surface area contributed by atoms with E-state index in [1.165, 1.54) is 4.57 Å². The Hall–Kier alpha value is -2.89. The minimum Gasteiger partial charge on any atom is -0.268 e. The Bertz CT molecular complexity index is 891. The van der Waals surface area contributed by atoms with E-state index >= 15 is 0 Å². The molecule has 25 heavy (non-hydrogen) atoms. The maximum Gasteiger partial charge on any atom is 0.264 e. The molecule has 6 heteroatoms. The second-order valence-electron chi connectivity index (χ2n) is 5.88. The molecule has 3 rings (SSSR count). The second kappa shape index (κ2) is 7.79. The average molecular weight is 335 g/mol. The summed E-state index contributed by atoms with van der Waals surface area (Å²) in [5.41, 5.74) is 2.26. The minimum absolute atomic E-state index is 0.115. The van der Waals surface area contributed by atoms with E-state index in [0.717, 1.165) is 30.7 Å². The Balaban J connectivity index is 2.13. The van der Waals surface area contributed by atoms with Gasteiger partial charge in [0, 0.05) is 36.3 Å². The van der Waals surface area contributed by atoms with Crippen LogP contribution in [0.3, 0.4) is 0 Å². The van der Waals surface area contributed by atoms with Gasteiger partial charge in [-0.05, 0) is 38.0 Å². The van der Waals surface area contributed by atoms with Gasteiger partial charge in [0.1, 0.15) is 5.82 Å². The van der Waals surface area contributed by atoms with Crippen molar-refractivity contribution in [1.82, 2.24) is 24.5 Å². The summed E-state index contributed by atoms with van der Waals surface area (Å²) in [7, 11) is 0. The maximum atomic E-state index is 13.2. The van der Waals surface area contributed by atoms with Gasteiger partial charge in [0.15, 0.2) is 0 Å². The quantitative estimate of drug-likeness (QED) is 0.692. The Morgan fingerprint density at radius 1 is 1.04 bits per heavy atom. The van der Waals surface area contributed by atoms with Gasteiger partial charge in [-0.1, -0.05) is 19.4 Å². The Kier molecular flexibility index (Phi) is 5.28. The predicted octanol–water partition coefficient (Wildman–Crippen LogP) is 2.66. The molecule has 3 aromatic rings. The normalized spacial score (nSPS) is 10.8. The van der Waals surface area contributed by atoms with E-state index in [4.69, 9.17) is 4.98 Å². The van der Waals surface area contributed by atoms with Crippen LogP contribution in [0.15, 0.2) is 47.7 Å². The molecule has 0 saturated heterocycles. The van der Waals surface area contributed by atoms with Gasteiger partial charge in [0.25, 0.3) is 5.56 Å². The molecule has 0 aliphatic heterocycles. The lowest BCUT2D eigenvalue weighted by atomic mass is 10.0. The van der Waals surface area contributed by atoms with E-state index in [1.807, 2.05) is 25.1 Å².